The Hall–Kier alpha value is -2.96. The number of aromatic nitrogens is 3. The molecule has 0 spiro atoms. The average Bonchev–Trinajstić information content (AvgIpc) is 3.22. The van der Waals surface area contributed by atoms with E-state index in [9.17, 15) is 9.59 Å². The predicted molar refractivity (Wildman–Crippen MR) is 93.9 cm³/mol. The van der Waals surface area contributed by atoms with E-state index in [1.165, 1.54) is 6.20 Å². The van der Waals surface area contributed by atoms with Gasteiger partial charge in [-0.3, -0.25) is 4.79 Å². The van der Waals surface area contributed by atoms with Crippen molar-refractivity contribution in [2.24, 2.45) is 7.05 Å². The van der Waals surface area contributed by atoms with E-state index in [1.807, 2.05) is 25.4 Å². The van der Waals surface area contributed by atoms with E-state index in [-0.39, 0.29) is 17.7 Å². The van der Waals surface area contributed by atoms with Crippen LogP contribution >= 0.6 is 0 Å². The number of carbonyl (C=O) groups excluding carboxylic acids is 1. The van der Waals surface area contributed by atoms with Gasteiger partial charge in [-0.25, -0.2) is 4.79 Å². The number of nitrogens with zero attached hydrogens (tertiary/aromatic N) is 2. The molecule has 1 fully saturated rings. The van der Waals surface area contributed by atoms with E-state index in [4.69, 9.17) is 4.74 Å². The Labute approximate surface area is 144 Å². The number of imidazole rings is 1. The van der Waals surface area contributed by atoms with Gasteiger partial charge in [-0.05, 0) is 18.2 Å². The zero-order valence-corrected chi connectivity index (χ0v) is 14.0. The fourth-order valence-electron chi connectivity index (χ4n) is 3.35. The van der Waals surface area contributed by atoms with Crippen LogP contribution in [0.3, 0.4) is 0 Å². The van der Waals surface area contributed by atoms with E-state index in [0.29, 0.717) is 18.8 Å². The van der Waals surface area contributed by atoms with Gasteiger partial charge in [-0.2, -0.15) is 0 Å². The lowest BCUT2D eigenvalue weighted by atomic mass is 10.1. The number of carbonyl (C=O) groups is 1. The molecular weight excluding hydrogens is 320 g/mol. The van der Waals surface area contributed by atoms with Gasteiger partial charge in [0.2, 0.25) is 0 Å². The molecule has 4 rings (SSSR count). The highest BCUT2D eigenvalue weighted by atomic mass is 16.5. The van der Waals surface area contributed by atoms with Crippen molar-refractivity contribution < 1.29 is 9.53 Å². The zero-order chi connectivity index (χ0) is 17.4. The second kappa shape index (κ2) is 6.16. The summed E-state index contributed by atoms with van der Waals surface area (Å²) in [5, 5.41) is 1.11. The molecule has 0 bridgehead atoms. The summed E-state index contributed by atoms with van der Waals surface area (Å²) in [6, 6.07) is 8.12. The van der Waals surface area contributed by atoms with Crippen LogP contribution in [0.1, 0.15) is 23.3 Å². The molecule has 2 aromatic heterocycles. The first kappa shape index (κ1) is 15.6. The second-order valence-corrected chi connectivity index (χ2v) is 6.38. The molecule has 130 valence electrons. The van der Waals surface area contributed by atoms with Gasteiger partial charge in [0, 0.05) is 50.8 Å². The van der Waals surface area contributed by atoms with Crippen molar-refractivity contribution in [2.75, 3.05) is 13.1 Å². The fraction of sp³-hybridized carbons (Fsp3) is 0.333. The summed E-state index contributed by atoms with van der Waals surface area (Å²) >= 11 is 0. The highest BCUT2D eigenvalue weighted by Crippen LogP contribution is 2.28. The molecule has 0 aliphatic carbocycles. The van der Waals surface area contributed by atoms with Crippen molar-refractivity contribution >= 4 is 16.8 Å². The molecule has 0 radical (unpaired) electrons. The zero-order valence-electron chi connectivity index (χ0n) is 14.0. The topological polar surface area (TPSA) is 83.1 Å². The van der Waals surface area contributed by atoms with Crippen LogP contribution in [0, 0.1) is 0 Å². The molecule has 0 unspecified atom stereocenters. The van der Waals surface area contributed by atoms with Crippen molar-refractivity contribution in [3.8, 4) is 5.75 Å². The van der Waals surface area contributed by atoms with Crippen LogP contribution in [-0.2, 0) is 7.05 Å². The van der Waals surface area contributed by atoms with Crippen LogP contribution in [0.5, 0.6) is 5.75 Å². The number of H-pyrrole nitrogens is 2. The summed E-state index contributed by atoms with van der Waals surface area (Å²) < 4.78 is 8.28. The highest BCUT2D eigenvalue weighted by Gasteiger charge is 2.26. The van der Waals surface area contributed by atoms with Crippen LogP contribution in [0.4, 0.5) is 0 Å². The number of fused-ring (bicyclic) bond motifs is 1. The smallest absolute Gasteiger partial charge is 0.323 e. The van der Waals surface area contributed by atoms with Crippen molar-refractivity contribution in [3.63, 3.8) is 0 Å². The number of aromatic amines is 2. The van der Waals surface area contributed by atoms with Crippen molar-refractivity contribution in [2.45, 2.75) is 18.9 Å². The van der Waals surface area contributed by atoms with Crippen LogP contribution in [0.25, 0.3) is 10.9 Å². The molecule has 1 aliphatic heterocycles. The highest BCUT2D eigenvalue weighted by molar-refractivity contribution is 5.92. The summed E-state index contributed by atoms with van der Waals surface area (Å²) in [5.41, 5.74) is 1.08. The minimum atomic E-state index is -0.363. The van der Waals surface area contributed by atoms with Gasteiger partial charge in [0.15, 0.2) is 0 Å². The number of ether oxygens (including phenoxy) is 1. The quantitative estimate of drug-likeness (QED) is 0.764. The SMILES string of the molecule is Cn1ccc2c(OC3CCN(C(=O)c4c[nH]c(=O)[nH]4)CC3)cccc21. The molecule has 7 nitrogen and oxygen atoms in total. The number of piperidine rings is 1. The summed E-state index contributed by atoms with van der Waals surface area (Å²) in [6.07, 6.45) is 5.06. The molecule has 1 amide bonds. The molecular formula is C18H20N4O3. The molecule has 0 atom stereocenters. The third-order valence-electron chi connectivity index (χ3n) is 4.74. The molecule has 1 saturated heterocycles. The van der Waals surface area contributed by atoms with Crippen molar-refractivity contribution in [1.82, 2.24) is 19.4 Å². The van der Waals surface area contributed by atoms with Gasteiger partial charge in [0.1, 0.15) is 17.5 Å². The van der Waals surface area contributed by atoms with Gasteiger partial charge in [-0.1, -0.05) is 6.07 Å². The maximum atomic E-state index is 12.3. The van der Waals surface area contributed by atoms with Crippen LogP contribution in [0.2, 0.25) is 0 Å². The second-order valence-electron chi connectivity index (χ2n) is 6.38. The average molecular weight is 340 g/mol. The van der Waals surface area contributed by atoms with Gasteiger partial charge >= 0.3 is 5.69 Å². The lowest BCUT2D eigenvalue weighted by Gasteiger charge is -2.32. The molecule has 3 aromatic rings. The Morgan fingerprint density at radius 1 is 1.24 bits per heavy atom. The van der Waals surface area contributed by atoms with E-state index in [0.717, 1.165) is 29.5 Å². The van der Waals surface area contributed by atoms with Gasteiger partial charge < -0.3 is 24.2 Å². The van der Waals surface area contributed by atoms with Crippen molar-refractivity contribution in [1.29, 1.82) is 0 Å². The van der Waals surface area contributed by atoms with Crippen molar-refractivity contribution in [3.05, 3.63) is 52.8 Å². The van der Waals surface area contributed by atoms with E-state index in [1.54, 1.807) is 4.90 Å². The number of hydrogen-bond donors (Lipinski definition) is 2. The summed E-state index contributed by atoms with van der Waals surface area (Å²) in [6.45, 7) is 1.23. The predicted octanol–water partition coefficient (Wildman–Crippen LogP) is 1.88. The van der Waals surface area contributed by atoms with E-state index in [2.05, 4.69) is 26.7 Å². The molecule has 1 aromatic carbocycles. The minimum Gasteiger partial charge on any atom is -0.490 e. The number of hydrogen-bond acceptors (Lipinski definition) is 3. The molecule has 25 heavy (non-hydrogen) atoms. The number of benzene rings is 1. The first-order valence-corrected chi connectivity index (χ1v) is 8.39. The number of nitrogens with one attached hydrogen (secondary N) is 2. The number of likely N-dealkylation sites (tertiary alicyclic amines) is 1. The first-order valence-electron chi connectivity index (χ1n) is 8.39. The lowest BCUT2D eigenvalue weighted by Crippen LogP contribution is -2.42. The molecule has 1 aliphatic rings. The third kappa shape index (κ3) is 2.93. The Kier molecular flexibility index (Phi) is 3.83. The van der Waals surface area contributed by atoms with Gasteiger partial charge in [-0.15, -0.1) is 0 Å². The molecule has 2 N–H and O–H groups in total. The Balaban J connectivity index is 1.42. The maximum absolute atomic E-state index is 12.3. The fourth-order valence-corrected chi connectivity index (χ4v) is 3.35. The lowest BCUT2D eigenvalue weighted by molar-refractivity contribution is 0.0593. The first-order chi connectivity index (χ1) is 12.1. The summed E-state index contributed by atoms with van der Waals surface area (Å²) in [4.78, 5) is 30.2. The van der Waals surface area contributed by atoms with Crippen LogP contribution < -0.4 is 10.4 Å². The standard InChI is InChI=1S/C18H20N4O3/c1-21-8-7-13-15(21)3-2-4-16(13)25-12-5-9-22(10-6-12)17(23)14-11-19-18(24)20-14/h2-4,7-8,11-12H,5-6,9-10H2,1H3,(H2,19,20,24). The largest absolute Gasteiger partial charge is 0.490 e. The Morgan fingerprint density at radius 3 is 2.76 bits per heavy atom. The van der Waals surface area contributed by atoms with E-state index < -0.39 is 0 Å². The molecule has 0 saturated carbocycles. The monoisotopic (exact) mass is 340 g/mol. The van der Waals surface area contributed by atoms with Crippen LogP contribution in [-0.4, -0.2) is 44.5 Å². The number of amides is 1. The Bertz CT molecular complexity index is 960. The molecule has 3 heterocycles. The summed E-state index contributed by atoms with van der Waals surface area (Å²) in [7, 11) is 2.02. The van der Waals surface area contributed by atoms with E-state index >= 15 is 0 Å². The maximum Gasteiger partial charge on any atom is 0.323 e. The normalized spacial score (nSPS) is 15.6. The summed E-state index contributed by atoms with van der Waals surface area (Å²) in [5.74, 6) is 0.736. The van der Waals surface area contributed by atoms with Crippen LogP contribution in [0.15, 0.2) is 41.5 Å². The molecule has 7 heteroatoms. The number of aryl methyl sites for hydroxylation is 1. The van der Waals surface area contributed by atoms with Gasteiger partial charge in [0.25, 0.3) is 5.91 Å². The number of rotatable bonds is 3. The minimum absolute atomic E-state index is 0.0835. The Morgan fingerprint density at radius 2 is 2.04 bits per heavy atom. The third-order valence-corrected chi connectivity index (χ3v) is 4.74. The van der Waals surface area contributed by atoms with Gasteiger partial charge in [0.05, 0.1) is 5.52 Å².